The molecule has 76 valence electrons. The Labute approximate surface area is 78.3 Å². The molecule has 0 aromatic rings. The third kappa shape index (κ3) is 3.30. The predicted octanol–water partition coefficient (Wildman–Crippen LogP) is -0.730. The van der Waals surface area contributed by atoms with Gasteiger partial charge in [-0.1, -0.05) is 0 Å². The summed E-state index contributed by atoms with van der Waals surface area (Å²) >= 11 is 0. The monoisotopic (exact) mass is 187 g/mol. The maximum atomic E-state index is 7.25. The zero-order valence-corrected chi connectivity index (χ0v) is 7.95. The summed E-state index contributed by atoms with van der Waals surface area (Å²) in [5, 5.41) is 7.25. The van der Waals surface area contributed by atoms with Gasteiger partial charge in [0.05, 0.1) is 13.2 Å². The molecule has 0 amide bonds. The maximum absolute atomic E-state index is 7.25. The van der Waals surface area contributed by atoms with Crippen molar-refractivity contribution >= 4 is 5.84 Å². The molecule has 0 saturated carbocycles. The molecule has 0 aliphatic carbocycles. The van der Waals surface area contributed by atoms with Crippen molar-refractivity contribution in [3.8, 4) is 0 Å². The molecule has 1 atom stereocenters. The lowest BCUT2D eigenvalue weighted by Crippen LogP contribution is -2.48. The number of rotatable bonds is 4. The van der Waals surface area contributed by atoms with Gasteiger partial charge in [-0.15, -0.1) is 0 Å². The van der Waals surface area contributed by atoms with Crippen LogP contribution in [0, 0.1) is 5.41 Å². The van der Waals surface area contributed by atoms with Gasteiger partial charge in [-0.3, -0.25) is 10.3 Å². The zero-order valence-electron chi connectivity index (χ0n) is 7.95. The fourth-order valence-electron chi connectivity index (χ4n) is 1.31. The van der Waals surface area contributed by atoms with Gasteiger partial charge in [0.25, 0.3) is 0 Å². The summed E-state index contributed by atoms with van der Waals surface area (Å²) in [6.45, 7) is 3.84. The lowest BCUT2D eigenvalue weighted by atomic mass is 10.2. The van der Waals surface area contributed by atoms with Crippen molar-refractivity contribution in [1.29, 1.82) is 5.41 Å². The number of amidine groups is 1. The van der Waals surface area contributed by atoms with Crippen LogP contribution in [0.15, 0.2) is 0 Å². The number of hydrogen-bond donors (Lipinski definition) is 2. The van der Waals surface area contributed by atoms with Gasteiger partial charge < -0.3 is 15.2 Å². The highest BCUT2D eigenvalue weighted by Gasteiger charge is 2.21. The van der Waals surface area contributed by atoms with Crippen LogP contribution >= 0.6 is 0 Å². The van der Waals surface area contributed by atoms with Crippen molar-refractivity contribution in [3.63, 3.8) is 0 Å². The van der Waals surface area contributed by atoms with E-state index in [1.54, 1.807) is 7.11 Å². The maximum Gasteiger partial charge on any atom is 0.127 e. The highest BCUT2D eigenvalue weighted by atomic mass is 16.5. The van der Waals surface area contributed by atoms with Crippen LogP contribution in [0.2, 0.25) is 0 Å². The third-order valence-electron chi connectivity index (χ3n) is 2.11. The van der Waals surface area contributed by atoms with Gasteiger partial charge in [0, 0.05) is 26.7 Å². The standard InChI is InChI=1S/C8H17N3O2/c1-12-4-2-11-3-5-13-7(6-11)8(9)10/h7H,2-6H2,1H3,(H3,9,10). The molecule has 0 spiro atoms. The van der Waals surface area contributed by atoms with Crippen molar-refractivity contribution in [1.82, 2.24) is 4.90 Å². The fraction of sp³-hybridized carbons (Fsp3) is 0.875. The minimum absolute atomic E-state index is 0.113. The SMILES string of the molecule is COCCN1CCOC(C(=N)N)C1. The molecule has 5 nitrogen and oxygen atoms in total. The Kier molecular flexibility index (Phi) is 4.14. The summed E-state index contributed by atoms with van der Waals surface area (Å²) in [4.78, 5) is 2.19. The first kappa shape index (κ1) is 10.4. The fourth-order valence-corrected chi connectivity index (χ4v) is 1.31. The van der Waals surface area contributed by atoms with Crippen LogP contribution in [-0.4, -0.2) is 56.8 Å². The molecule has 3 N–H and O–H groups in total. The molecule has 1 rings (SSSR count). The Hall–Kier alpha value is -0.650. The van der Waals surface area contributed by atoms with E-state index in [-0.39, 0.29) is 11.9 Å². The number of nitrogens with one attached hydrogen (secondary N) is 1. The summed E-state index contributed by atoms with van der Waals surface area (Å²) in [5.74, 6) is 0.113. The molecule has 1 aliphatic rings. The van der Waals surface area contributed by atoms with Crippen LogP contribution in [0.25, 0.3) is 0 Å². The summed E-state index contributed by atoms with van der Waals surface area (Å²) in [6, 6.07) is 0. The van der Waals surface area contributed by atoms with E-state index in [1.165, 1.54) is 0 Å². The quantitative estimate of drug-likeness (QED) is 0.449. The molecular formula is C8H17N3O2. The molecule has 0 bridgehead atoms. The van der Waals surface area contributed by atoms with Crippen LogP contribution in [0.3, 0.4) is 0 Å². The lowest BCUT2D eigenvalue weighted by Gasteiger charge is -2.31. The normalized spacial score (nSPS) is 24.5. The van der Waals surface area contributed by atoms with E-state index >= 15 is 0 Å². The smallest absolute Gasteiger partial charge is 0.127 e. The van der Waals surface area contributed by atoms with Gasteiger partial charge >= 0.3 is 0 Å². The molecular weight excluding hydrogens is 170 g/mol. The average Bonchev–Trinajstić information content (AvgIpc) is 2.15. The van der Waals surface area contributed by atoms with Crippen molar-refractivity contribution in [3.05, 3.63) is 0 Å². The van der Waals surface area contributed by atoms with Gasteiger partial charge in [0.1, 0.15) is 11.9 Å². The number of morpholine rings is 1. The molecule has 0 aromatic heterocycles. The van der Waals surface area contributed by atoms with E-state index in [9.17, 15) is 0 Å². The van der Waals surface area contributed by atoms with E-state index in [0.717, 1.165) is 13.1 Å². The zero-order chi connectivity index (χ0) is 9.68. The second-order valence-corrected chi connectivity index (χ2v) is 3.11. The number of methoxy groups -OCH3 is 1. The Balaban J connectivity index is 2.29. The summed E-state index contributed by atoms with van der Waals surface area (Å²) < 4.78 is 10.3. The molecule has 0 aromatic carbocycles. The largest absolute Gasteiger partial charge is 0.385 e. The molecule has 1 heterocycles. The highest BCUT2D eigenvalue weighted by Crippen LogP contribution is 2.03. The number of hydrogen-bond acceptors (Lipinski definition) is 4. The van der Waals surface area contributed by atoms with Crippen LogP contribution in [0.5, 0.6) is 0 Å². The topological polar surface area (TPSA) is 71.6 Å². The Morgan fingerprint density at radius 3 is 3.15 bits per heavy atom. The van der Waals surface area contributed by atoms with E-state index < -0.39 is 0 Å². The first-order valence-corrected chi connectivity index (χ1v) is 4.41. The minimum atomic E-state index is -0.231. The van der Waals surface area contributed by atoms with Gasteiger partial charge in [0.15, 0.2) is 0 Å². The molecule has 13 heavy (non-hydrogen) atoms. The second-order valence-electron chi connectivity index (χ2n) is 3.11. The molecule has 1 unspecified atom stereocenters. The van der Waals surface area contributed by atoms with Gasteiger partial charge in [-0.25, -0.2) is 0 Å². The Morgan fingerprint density at radius 1 is 1.77 bits per heavy atom. The lowest BCUT2D eigenvalue weighted by molar-refractivity contribution is -0.00248. The van der Waals surface area contributed by atoms with Crippen molar-refractivity contribution in [2.24, 2.45) is 5.73 Å². The van der Waals surface area contributed by atoms with Gasteiger partial charge in [-0.2, -0.15) is 0 Å². The highest BCUT2D eigenvalue weighted by molar-refractivity contribution is 5.82. The molecule has 5 heteroatoms. The number of nitrogens with two attached hydrogens (primary N) is 1. The summed E-state index contributed by atoms with van der Waals surface area (Å²) in [6.07, 6.45) is -0.231. The minimum Gasteiger partial charge on any atom is -0.385 e. The van der Waals surface area contributed by atoms with Crippen LogP contribution in [-0.2, 0) is 9.47 Å². The van der Waals surface area contributed by atoms with E-state index in [4.69, 9.17) is 20.6 Å². The van der Waals surface area contributed by atoms with Gasteiger partial charge in [0.2, 0.25) is 0 Å². The molecule has 0 radical (unpaired) electrons. The Morgan fingerprint density at radius 2 is 2.54 bits per heavy atom. The average molecular weight is 187 g/mol. The predicted molar refractivity (Wildman–Crippen MR) is 50.0 cm³/mol. The van der Waals surface area contributed by atoms with E-state index in [2.05, 4.69) is 4.90 Å². The summed E-state index contributed by atoms with van der Waals surface area (Å²) in [7, 11) is 1.68. The van der Waals surface area contributed by atoms with Gasteiger partial charge in [-0.05, 0) is 0 Å². The van der Waals surface area contributed by atoms with Crippen molar-refractivity contribution in [2.75, 3.05) is 40.0 Å². The Bertz CT molecular complexity index is 175. The molecule has 1 fully saturated rings. The first-order chi connectivity index (χ1) is 6.24. The van der Waals surface area contributed by atoms with Crippen molar-refractivity contribution in [2.45, 2.75) is 6.10 Å². The first-order valence-electron chi connectivity index (χ1n) is 4.41. The molecule has 1 saturated heterocycles. The van der Waals surface area contributed by atoms with Crippen LogP contribution in [0.4, 0.5) is 0 Å². The van der Waals surface area contributed by atoms with E-state index in [1.807, 2.05) is 0 Å². The molecule has 1 aliphatic heterocycles. The second kappa shape index (κ2) is 5.16. The van der Waals surface area contributed by atoms with Crippen LogP contribution < -0.4 is 5.73 Å². The number of ether oxygens (including phenoxy) is 2. The van der Waals surface area contributed by atoms with E-state index in [0.29, 0.717) is 19.8 Å². The van der Waals surface area contributed by atoms with Crippen LogP contribution in [0.1, 0.15) is 0 Å². The third-order valence-corrected chi connectivity index (χ3v) is 2.11. The summed E-state index contributed by atoms with van der Waals surface area (Å²) in [5.41, 5.74) is 5.36. The van der Waals surface area contributed by atoms with Crippen molar-refractivity contribution < 1.29 is 9.47 Å². The number of nitrogens with zero attached hydrogens (tertiary/aromatic N) is 1.